The minimum absolute atomic E-state index is 0.243. The molecule has 1 amide bonds. The maximum Gasteiger partial charge on any atom is 0.289 e. The largest absolute Gasteiger partial charge is 0.317 e. The Morgan fingerprint density at radius 3 is 2.00 bits per heavy atom. The van der Waals surface area contributed by atoms with Crippen LogP contribution in [0.3, 0.4) is 0 Å². The standard InChI is InChI=1S/C4H10NO3PS/c1-4(6)5-9(10,7-2)8-3/h1-3H3,(H,5,6,10). The monoisotopic (exact) mass is 183 g/mol. The molecule has 0 rings (SSSR count). The number of rotatable bonds is 3. The average Bonchev–Trinajstić information content (AvgIpc) is 1.87. The summed E-state index contributed by atoms with van der Waals surface area (Å²) in [5, 5.41) is 2.40. The van der Waals surface area contributed by atoms with Crippen LogP contribution in [0, 0.1) is 0 Å². The summed E-state index contributed by atoms with van der Waals surface area (Å²) in [6.07, 6.45) is 0. The Labute approximate surface area is 65.1 Å². The molecule has 0 heterocycles. The lowest BCUT2D eigenvalue weighted by atomic mass is 10.8. The molecule has 0 atom stereocenters. The van der Waals surface area contributed by atoms with Crippen LogP contribution in [0.5, 0.6) is 0 Å². The average molecular weight is 183 g/mol. The molecular weight excluding hydrogens is 173 g/mol. The highest BCUT2D eigenvalue weighted by molar-refractivity contribution is 8.09. The second-order valence-corrected chi connectivity index (χ2v) is 4.92. The summed E-state index contributed by atoms with van der Waals surface area (Å²) in [5.41, 5.74) is 0. The van der Waals surface area contributed by atoms with Crippen LogP contribution in [0.4, 0.5) is 0 Å². The molecule has 0 radical (unpaired) electrons. The first-order valence-corrected chi connectivity index (χ1v) is 5.18. The van der Waals surface area contributed by atoms with Gasteiger partial charge in [-0.3, -0.25) is 9.88 Å². The van der Waals surface area contributed by atoms with Gasteiger partial charge in [0.15, 0.2) is 0 Å². The van der Waals surface area contributed by atoms with Gasteiger partial charge in [0.2, 0.25) is 5.91 Å². The van der Waals surface area contributed by atoms with Crippen LogP contribution in [0.25, 0.3) is 0 Å². The van der Waals surface area contributed by atoms with Crippen LogP contribution < -0.4 is 5.09 Å². The molecule has 0 unspecified atom stereocenters. The molecule has 0 aromatic rings. The highest BCUT2D eigenvalue weighted by atomic mass is 32.5. The van der Waals surface area contributed by atoms with E-state index in [9.17, 15) is 4.79 Å². The summed E-state index contributed by atoms with van der Waals surface area (Å²) in [5.74, 6) is -0.243. The number of nitrogens with one attached hydrogen (secondary N) is 1. The highest BCUT2D eigenvalue weighted by Crippen LogP contribution is 2.41. The van der Waals surface area contributed by atoms with Gasteiger partial charge in [-0.2, -0.15) is 0 Å². The summed E-state index contributed by atoms with van der Waals surface area (Å²) in [6, 6.07) is 0. The van der Waals surface area contributed by atoms with E-state index in [1.165, 1.54) is 21.1 Å². The van der Waals surface area contributed by atoms with E-state index in [4.69, 9.17) is 20.9 Å². The van der Waals surface area contributed by atoms with Gasteiger partial charge >= 0.3 is 0 Å². The predicted molar refractivity (Wildman–Crippen MR) is 42.1 cm³/mol. The molecule has 0 saturated heterocycles. The molecule has 0 fully saturated rings. The van der Waals surface area contributed by atoms with Gasteiger partial charge in [-0.05, 0) is 11.8 Å². The van der Waals surface area contributed by atoms with Crippen molar-refractivity contribution >= 4 is 24.4 Å². The highest BCUT2D eigenvalue weighted by Gasteiger charge is 2.15. The Balaban J connectivity index is 4.07. The first kappa shape index (κ1) is 10.0. The maximum atomic E-state index is 10.5. The fourth-order valence-electron chi connectivity index (χ4n) is 0.359. The van der Waals surface area contributed by atoms with Crippen LogP contribution in [0.2, 0.25) is 0 Å². The van der Waals surface area contributed by atoms with E-state index < -0.39 is 6.64 Å². The maximum absolute atomic E-state index is 10.5. The third-order valence-electron chi connectivity index (χ3n) is 0.775. The van der Waals surface area contributed by atoms with E-state index in [0.717, 1.165) is 0 Å². The zero-order chi connectivity index (χ0) is 8.20. The fourth-order valence-corrected chi connectivity index (χ4v) is 1.46. The molecular formula is C4H10NO3PS. The fraction of sp³-hybridized carbons (Fsp3) is 0.750. The van der Waals surface area contributed by atoms with E-state index in [0.29, 0.717) is 0 Å². The SMILES string of the molecule is COP(=S)(NC(C)=O)OC. The van der Waals surface area contributed by atoms with Gasteiger partial charge in [0.1, 0.15) is 0 Å². The van der Waals surface area contributed by atoms with Gasteiger partial charge in [-0.25, -0.2) is 0 Å². The second-order valence-electron chi connectivity index (χ2n) is 1.53. The number of hydrogen-bond acceptors (Lipinski definition) is 4. The summed E-state index contributed by atoms with van der Waals surface area (Å²) >= 11 is 4.82. The van der Waals surface area contributed by atoms with Crippen LogP contribution in [-0.2, 0) is 25.6 Å². The first-order valence-electron chi connectivity index (χ1n) is 2.54. The molecule has 0 spiro atoms. The number of hydrogen-bond donors (Lipinski definition) is 1. The quantitative estimate of drug-likeness (QED) is 0.652. The Morgan fingerprint density at radius 1 is 1.50 bits per heavy atom. The molecule has 10 heavy (non-hydrogen) atoms. The molecule has 0 saturated carbocycles. The van der Waals surface area contributed by atoms with Crippen molar-refractivity contribution in [2.24, 2.45) is 0 Å². The van der Waals surface area contributed by atoms with Crippen molar-refractivity contribution < 1.29 is 13.8 Å². The smallest absolute Gasteiger partial charge is 0.289 e. The van der Waals surface area contributed by atoms with Crippen molar-refractivity contribution in [1.82, 2.24) is 5.09 Å². The second kappa shape index (κ2) is 4.03. The first-order chi connectivity index (χ1) is 4.54. The van der Waals surface area contributed by atoms with Crippen LogP contribution >= 0.6 is 6.64 Å². The molecule has 1 N–H and O–H groups in total. The van der Waals surface area contributed by atoms with E-state index >= 15 is 0 Å². The molecule has 0 bridgehead atoms. The molecule has 0 aliphatic heterocycles. The number of carbonyl (C=O) groups is 1. The summed E-state index contributed by atoms with van der Waals surface area (Å²) in [7, 11) is 2.81. The minimum atomic E-state index is -2.50. The van der Waals surface area contributed by atoms with Crippen molar-refractivity contribution in [3.63, 3.8) is 0 Å². The van der Waals surface area contributed by atoms with Gasteiger partial charge in [-0.1, -0.05) is 0 Å². The van der Waals surface area contributed by atoms with Crippen LogP contribution in [0.15, 0.2) is 0 Å². The Kier molecular flexibility index (Phi) is 4.05. The number of amides is 1. The van der Waals surface area contributed by atoms with Crippen LogP contribution in [0.1, 0.15) is 6.92 Å². The van der Waals surface area contributed by atoms with Gasteiger partial charge in [0.05, 0.1) is 0 Å². The molecule has 0 aromatic heterocycles. The van der Waals surface area contributed by atoms with Crippen molar-refractivity contribution in [3.8, 4) is 0 Å². The van der Waals surface area contributed by atoms with Gasteiger partial charge in [-0.15, -0.1) is 0 Å². The Bertz CT molecular complexity index is 164. The topological polar surface area (TPSA) is 47.6 Å². The minimum Gasteiger partial charge on any atom is -0.317 e. The van der Waals surface area contributed by atoms with E-state index in [1.54, 1.807) is 0 Å². The van der Waals surface area contributed by atoms with Gasteiger partial charge < -0.3 is 9.05 Å². The molecule has 0 aliphatic carbocycles. The molecule has 6 heteroatoms. The van der Waals surface area contributed by atoms with E-state index in [1.807, 2.05) is 0 Å². The lowest BCUT2D eigenvalue weighted by Crippen LogP contribution is -2.17. The predicted octanol–water partition coefficient (Wildman–Crippen LogP) is 0.640. The molecule has 4 nitrogen and oxygen atoms in total. The summed E-state index contributed by atoms with van der Waals surface area (Å²) < 4.78 is 9.54. The molecule has 0 aromatic carbocycles. The van der Waals surface area contributed by atoms with E-state index in [-0.39, 0.29) is 5.91 Å². The summed E-state index contributed by atoms with van der Waals surface area (Å²) in [4.78, 5) is 10.5. The van der Waals surface area contributed by atoms with Crippen LogP contribution in [-0.4, -0.2) is 20.1 Å². The molecule has 0 aliphatic rings. The lowest BCUT2D eigenvalue weighted by Gasteiger charge is -2.16. The van der Waals surface area contributed by atoms with E-state index in [2.05, 4.69) is 5.09 Å². The van der Waals surface area contributed by atoms with Gasteiger partial charge in [0.25, 0.3) is 6.64 Å². The van der Waals surface area contributed by atoms with Crippen molar-refractivity contribution in [2.75, 3.05) is 14.2 Å². The zero-order valence-electron chi connectivity index (χ0n) is 6.08. The lowest BCUT2D eigenvalue weighted by molar-refractivity contribution is -0.117. The third kappa shape index (κ3) is 3.27. The Morgan fingerprint density at radius 2 is 1.90 bits per heavy atom. The normalized spacial score (nSPS) is 11.1. The Hall–Kier alpha value is 0.0400. The third-order valence-corrected chi connectivity index (χ3v) is 3.49. The zero-order valence-corrected chi connectivity index (χ0v) is 7.79. The number of carbonyl (C=O) groups excluding carboxylic acids is 1. The van der Waals surface area contributed by atoms with Crippen molar-refractivity contribution in [3.05, 3.63) is 0 Å². The van der Waals surface area contributed by atoms with Gasteiger partial charge in [0, 0.05) is 21.1 Å². The molecule has 60 valence electrons. The summed E-state index contributed by atoms with van der Waals surface area (Å²) in [6.45, 7) is -1.14. The van der Waals surface area contributed by atoms with Crippen molar-refractivity contribution in [1.29, 1.82) is 0 Å². The van der Waals surface area contributed by atoms with Crippen molar-refractivity contribution in [2.45, 2.75) is 6.92 Å².